The van der Waals surface area contributed by atoms with E-state index in [4.69, 9.17) is 10.3 Å². The Hall–Kier alpha value is -2.97. The number of rotatable bonds is 3. The van der Waals surface area contributed by atoms with Crippen LogP contribution in [0.1, 0.15) is 0 Å². The second-order valence-electron chi connectivity index (χ2n) is 5.09. The van der Waals surface area contributed by atoms with E-state index in [1.807, 2.05) is 0 Å². The first-order valence-corrected chi connectivity index (χ1v) is 8.29. The van der Waals surface area contributed by atoms with E-state index >= 15 is 0 Å². The normalized spacial score (nSPS) is 12.0. The van der Waals surface area contributed by atoms with Gasteiger partial charge in [0.05, 0.1) is 10.6 Å². The first-order chi connectivity index (χ1) is 11.3. The molecule has 0 radical (unpaired) electrons. The van der Waals surface area contributed by atoms with Crippen LogP contribution in [-0.4, -0.2) is 18.1 Å². The highest BCUT2D eigenvalue weighted by atomic mass is 32.2. The summed E-state index contributed by atoms with van der Waals surface area (Å²) in [6.45, 7) is 0. The van der Waals surface area contributed by atoms with E-state index in [0.717, 1.165) is 5.39 Å². The number of phenols is 1. The Morgan fingerprint density at radius 3 is 2.50 bits per heavy atom. The van der Waals surface area contributed by atoms with Crippen molar-refractivity contribution in [2.75, 3.05) is 5.73 Å². The van der Waals surface area contributed by atoms with Gasteiger partial charge in [0.1, 0.15) is 5.69 Å². The number of anilines is 1. The third-order valence-corrected chi connectivity index (χ3v) is 4.23. The molecule has 0 saturated carbocycles. The van der Waals surface area contributed by atoms with Crippen molar-refractivity contribution >= 4 is 38.0 Å². The Labute approximate surface area is 137 Å². The Kier molecular flexibility index (Phi) is 3.92. The zero-order valence-corrected chi connectivity index (χ0v) is 13.1. The van der Waals surface area contributed by atoms with Crippen LogP contribution in [0, 0.1) is 0 Å². The standard InChI is InChI=1S/C16H13N3O4S/c17-11-5-6-14-10(8-11)4-7-15(16(14)20)19-18-12-2-1-3-13(9-12)24(21,22)23/h1-9,20H,17H2,(H,21,22,23). The van der Waals surface area contributed by atoms with Gasteiger partial charge in [-0.1, -0.05) is 12.1 Å². The number of phenolic OH excluding ortho intramolecular Hbond substituents is 1. The van der Waals surface area contributed by atoms with Crippen LogP contribution in [0.4, 0.5) is 17.1 Å². The van der Waals surface area contributed by atoms with E-state index in [-0.39, 0.29) is 22.0 Å². The first kappa shape index (κ1) is 15.9. The molecule has 0 amide bonds. The highest BCUT2D eigenvalue weighted by Crippen LogP contribution is 2.36. The van der Waals surface area contributed by atoms with Gasteiger partial charge >= 0.3 is 0 Å². The summed E-state index contributed by atoms with van der Waals surface area (Å²) in [6, 6.07) is 13.8. The molecule has 122 valence electrons. The second-order valence-corrected chi connectivity index (χ2v) is 6.51. The molecule has 0 bridgehead atoms. The van der Waals surface area contributed by atoms with E-state index < -0.39 is 10.1 Å². The SMILES string of the molecule is Nc1ccc2c(O)c(N=Nc3cccc(S(=O)(=O)O)c3)ccc2c1. The van der Waals surface area contributed by atoms with Crippen LogP contribution in [-0.2, 0) is 10.1 Å². The van der Waals surface area contributed by atoms with Crippen molar-refractivity contribution in [2.24, 2.45) is 10.2 Å². The highest BCUT2D eigenvalue weighted by Gasteiger charge is 2.10. The van der Waals surface area contributed by atoms with E-state index in [9.17, 15) is 13.5 Å². The maximum absolute atomic E-state index is 11.1. The van der Waals surface area contributed by atoms with Crippen molar-refractivity contribution < 1.29 is 18.1 Å². The average molecular weight is 343 g/mol. The lowest BCUT2D eigenvalue weighted by Crippen LogP contribution is -1.96. The number of aromatic hydroxyl groups is 1. The molecule has 3 aromatic rings. The third kappa shape index (κ3) is 3.19. The van der Waals surface area contributed by atoms with Crippen LogP contribution in [0.25, 0.3) is 10.8 Å². The predicted octanol–water partition coefficient (Wildman–Crippen LogP) is 3.79. The summed E-state index contributed by atoms with van der Waals surface area (Å²) >= 11 is 0. The molecule has 0 saturated heterocycles. The Bertz CT molecular complexity index is 1060. The van der Waals surface area contributed by atoms with Crippen LogP contribution in [0.5, 0.6) is 5.75 Å². The molecule has 0 unspecified atom stereocenters. The molecule has 7 nitrogen and oxygen atoms in total. The molecule has 8 heteroatoms. The van der Waals surface area contributed by atoms with E-state index in [0.29, 0.717) is 11.1 Å². The molecule has 0 aliphatic heterocycles. The minimum absolute atomic E-state index is 0.0535. The monoisotopic (exact) mass is 343 g/mol. The van der Waals surface area contributed by atoms with Crippen molar-refractivity contribution in [3.63, 3.8) is 0 Å². The maximum Gasteiger partial charge on any atom is 0.294 e. The smallest absolute Gasteiger partial charge is 0.294 e. The third-order valence-electron chi connectivity index (χ3n) is 3.38. The minimum atomic E-state index is -4.31. The van der Waals surface area contributed by atoms with E-state index in [1.54, 1.807) is 30.3 Å². The number of nitrogen functional groups attached to an aromatic ring is 1. The number of hydrogen-bond donors (Lipinski definition) is 3. The first-order valence-electron chi connectivity index (χ1n) is 6.85. The Balaban J connectivity index is 1.99. The number of azo groups is 1. The largest absolute Gasteiger partial charge is 0.505 e. The van der Waals surface area contributed by atoms with E-state index in [1.165, 1.54) is 24.3 Å². The number of fused-ring (bicyclic) bond motifs is 1. The summed E-state index contributed by atoms with van der Waals surface area (Å²) < 4.78 is 31.3. The Morgan fingerprint density at radius 1 is 0.958 bits per heavy atom. The summed E-state index contributed by atoms with van der Waals surface area (Å²) in [5.74, 6) is -0.0535. The van der Waals surface area contributed by atoms with Crippen LogP contribution < -0.4 is 5.73 Å². The van der Waals surface area contributed by atoms with Gasteiger partial charge in [0, 0.05) is 11.1 Å². The number of benzene rings is 3. The quantitative estimate of drug-likeness (QED) is 0.379. The minimum Gasteiger partial charge on any atom is -0.505 e. The van der Waals surface area contributed by atoms with Gasteiger partial charge in [-0.2, -0.15) is 13.5 Å². The molecule has 4 N–H and O–H groups in total. The van der Waals surface area contributed by atoms with Crippen LogP contribution in [0.3, 0.4) is 0 Å². The van der Waals surface area contributed by atoms with Gasteiger partial charge in [-0.3, -0.25) is 4.55 Å². The van der Waals surface area contributed by atoms with E-state index in [2.05, 4.69) is 10.2 Å². The van der Waals surface area contributed by atoms with Crippen molar-refractivity contribution in [3.8, 4) is 5.75 Å². The summed E-state index contributed by atoms with van der Waals surface area (Å²) in [5, 5.41) is 19.5. The molecule has 3 rings (SSSR count). The molecular weight excluding hydrogens is 330 g/mol. The fourth-order valence-corrected chi connectivity index (χ4v) is 2.74. The number of nitrogens with zero attached hydrogens (tertiary/aromatic N) is 2. The lowest BCUT2D eigenvalue weighted by atomic mass is 10.1. The van der Waals surface area contributed by atoms with Gasteiger partial charge in [0.25, 0.3) is 10.1 Å². The van der Waals surface area contributed by atoms with Gasteiger partial charge in [-0.05, 0) is 47.9 Å². The predicted molar refractivity (Wildman–Crippen MR) is 90.5 cm³/mol. The van der Waals surface area contributed by atoms with Crippen molar-refractivity contribution in [2.45, 2.75) is 4.90 Å². The van der Waals surface area contributed by atoms with Gasteiger partial charge in [0.2, 0.25) is 0 Å². The van der Waals surface area contributed by atoms with Gasteiger partial charge in [-0.15, -0.1) is 5.11 Å². The molecule has 0 aliphatic carbocycles. The summed E-state index contributed by atoms with van der Waals surface area (Å²) in [7, 11) is -4.31. The van der Waals surface area contributed by atoms with Crippen molar-refractivity contribution in [1.82, 2.24) is 0 Å². The van der Waals surface area contributed by atoms with Crippen molar-refractivity contribution in [1.29, 1.82) is 0 Å². The molecule has 0 fully saturated rings. The maximum atomic E-state index is 11.1. The molecule has 24 heavy (non-hydrogen) atoms. The lowest BCUT2D eigenvalue weighted by Gasteiger charge is -2.04. The van der Waals surface area contributed by atoms with Crippen LogP contribution in [0.15, 0.2) is 69.7 Å². The summed E-state index contributed by atoms with van der Waals surface area (Å²) in [5.41, 5.74) is 6.74. The number of hydrogen-bond acceptors (Lipinski definition) is 6. The topological polar surface area (TPSA) is 125 Å². The fourth-order valence-electron chi connectivity index (χ4n) is 2.22. The molecule has 0 spiro atoms. The Morgan fingerprint density at radius 2 is 1.75 bits per heavy atom. The second kappa shape index (κ2) is 5.91. The molecule has 0 aromatic heterocycles. The van der Waals surface area contributed by atoms with Gasteiger partial charge < -0.3 is 10.8 Å². The van der Waals surface area contributed by atoms with Crippen molar-refractivity contribution in [3.05, 3.63) is 54.6 Å². The van der Waals surface area contributed by atoms with Gasteiger partial charge in [0.15, 0.2) is 5.75 Å². The van der Waals surface area contributed by atoms with Gasteiger partial charge in [-0.25, -0.2) is 0 Å². The molecular formula is C16H13N3O4S. The summed E-state index contributed by atoms with van der Waals surface area (Å²) in [4.78, 5) is -0.280. The zero-order valence-electron chi connectivity index (χ0n) is 12.3. The van der Waals surface area contributed by atoms with Crippen LogP contribution >= 0.6 is 0 Å². The number of nitrogens with two attached hydrogens (primary N) is 1. The molecule has 0 heterocycles. The fraction of sp³-hybridized carbons (Fsp3) is 0. The molecule has 3 aromatic carbocycles. The molecule has 0 aliphatic rings. The molecule has 0 atom stereocenters. The van der Waals surface area contributed by atoms with Crippen LogP contribution in [0.2, 0.25) is 0 Å². The summed E-state index contributed by atoms with van der Waals surface area (Å²) in [6.07, 6.45) is 0. The highest BCUT2D eigenvalue weighted by molar-refractivity contribution is 7.85. The average Bonchev–Trinajstić information content (AvgIpc) is 2.53. The lowest BCUT2D eigenvalue weighted by molar-refractivity contribution is 0.481. The zero-order chi connectivity index (χ0) is 17.3.